The molecule has 2 saturated heterocycles. The third kappa shape index (κ3) is 2.70. The summed E-state index contributed by atoms with van der Waals surface area (Å²) in [4.78, 5) is 25.6. The molecular formula is C16H17NO4S. The zero-order valence-electron chi connectivity index (χ0n) is 12.3. The van der Waals surface area contributed by atoms with Crippen molar-refractivity contribution < 1.29 is 19.1 Å². The van der Waals surface area contributed by atoms with Crippen molar-refractivity contribution in [3.63, 3.8) is 0 Å². The Balaban J connectivity index is 1.63. The average molecular weight is 319 g/mol. The predicted molar refractivity (Wildman–Crippen MR) is 83.4 cm³/mol. The lowest BCUT2D eigenvalue weighted by Gasteiger charge is -2.48. The summed E-state index contributed by atoms with van der Waals surface area (Å²) in [5.74, 6) is 1.03. The number of fused-ring (bicyclic) bond motifs is 1. The van der Waals surface area contributed by atoms with Crippen molar-refractivity contribution in [3.8, 4) is 5.75 Å². The van der Waals surface area contributed by atoms with E-state index in [4.69, 9.17) is 9.47 Å². The topological polar surface area (TPSA) is 55.8 Å². The second-order valence-electron chi connectivity index (χ2n) is 5.29. The molecule has 2 atom stereocenters. The highest BCUT2D eigenvalue weighted by molar-refractivity contribution is 8.00. The number of amides is 1. The Morgan fingerprint density at radius 2 is 2.14 bits per heavy atom. The third-order valence-corrected chi connectivity index (χ3v) is 5.15. The van der Waals surface area contributed by atoms with Crippen molar-refractivity contribution >= 4 is 23.6 Å². The summed E-state index contributed by atoms with van der Waals surface area (Å²) in [6.07, 6.45) is 0.500. The molecule has 1 aromatic carbocycles. The molecule has 3 rings (SSSR count). The van der Waals surface area contributed by atoms with E-state index in [0.29, 0.717) is 12.2 Å². The fourth-order valence-corrected chi connectivity index (χ4v) is 3.79. The van der Waals surface area contributed by atoms with Gasteiger partial charge in [0.15, 0.2) is 6.04 Å². The van der Waals surface area contributed by atoms with E-state index < -0.39 is 12.0 Å². The molecule has 2 heterocycles. The van der Waals surface area contributed by atoms with Crippen LogP contribution in [0.5, 0.6) is 5.75 Å². The van der Waals surface area contributed by atoms with Crippen molar-refractivity contribution in [2.24, 2.45) is 0 Å². The largest absolute Gasteiger partial charge is 0.497 e. The Bertz CT molecular complexity index is 613. The molecule has 5 nitrogen and oxygen atoms in total. The Hall–Kier alpha value is -1.95. The number of rotatable bonds is 4. The summed E-state index contributed by atoms with van der Waals surface area (Å²) in [6, 6.07) is 6.68. The molecule has 0 saturated carbocycles. The van der Waals surface area contributed by atoms with E-state index in [9.17, 15) is 9.59 Å². The van der Waals surface area contributed by atoms with Crippen LogP contribution < -0.4 is 4.74 Å². The Morgan fingerprint density at radius 1 is 1.41 bits per heavy atom. The lowest BCUT2D eigenvalue weighted by Crippen LogP contribution is -2.61. The molecule has 22 heavy (non-hydrogen) atoms. The number of esters is 1. The number of hydrogen-bond donors (Lipinski definition) is 0. The Morgan fingerprint density at radius 3 is 2.77 bits per heavy atom. The van der Waals surface area contributed by atoms with Crippen molar-refractivity contribution in [3.05, 3.63) is 42.0 Å². The van der Waals surface area contributed by atoms with Gasteiger partial charge in [0.25, 0.3) is 0 Å². The van der Waals surface area contributed by atoms with Crippen molar-refractivity contribution in [2.45, 2.75) is 24.4 Å². The number of β-lactam (4-membered cyclic amide) rings is 1. The summed E-state index contributed by atoms with van der Waals surface area (Å²) < 4.78 is 10.5. The predicted octanol–water partition coefficient (Wildman–Crippen LogP) is 1.97. The highest BCUT2D eigenvalue weighted by atomic mass is 32.2. The quantitative estimate of drug-likeness (QED) is 0.482. The Kier molecular flexibility index (Phi) is 4.11. The normalized spacial score (nSPS) is 23.6. The van der Waals surface area contributed by atoms with Crippen LogP contribution in [-0.4, -0.2) is 41.1 Å². The molecule has 0 radical (unpaired) electrons. The van der Waals surface area contributed by atoms with E-state index in [1.807, 2.05) is 24.3 Å². The molecule has 1 unspecified atom stereocenters. The van der Waals surface area contributed by atoms with Crippen LogP contribution in [0.2, 0.25) is 0 Å². The van der Waals surface area contributed by atoms with E-state index in [1.165, 1.54) is 0 Å². The van der Waals surface area contributed by atoms with Crippen molar-refractivity contribution in [1.82, 2.24) is 4.90 Å². The van der Waals surface area contributed by atoms with Gasteiger partial charge < -0.3 is 14.4 Å². The number of thioether (sulfide) groups is 1. The summed E-state index contributed by atoms with van der Waals surface area (Å²) in [7, 11) is 1.60. The third-order valence-electron chi connectivity index (χ3n) is 3.84. The molecule has 0 N–H and O–H groups in total. The number of benzene rings is 1. The van der Waals surface area contributed by atoms with Crippen molar-refractivity contribution in [1.29, 1.82) is 0 Å². The second-order valence-corrected chi connectivity index (χ2v) is 6.45. The molecule has 0 aromatic heterocycles. The number of carbonyl (C=O) groups is 2. The minimum atomic E-state index is -0.634. The van der Waals surface area contributed by atoms with Gasteiger partial charge >= 0.3 is 5.97 Å². The van der Waals surface area contributed by atoms with Gasteiger partial charge in [-0.05, 0) is 23.3 Å². The summed E-state index contributed by atoms with van der Waals surface area (Å²) in [6.45, 7) is 4.09. The average Bonchev–Trinajstić information content (AvgIpc) is 2.53. The highest BCUT2D eigenvalue weighted by Crippen LogP contribution is 2.39. The smallest absolute Gasteiger partial charge is 0.333 e. The molecule has 0 bridgehead atoms. The first-order chi connectivity index (χ1) is 10.6. The molecule has 2 aliphatic rings. The molecule has 0 aliphatic carbocycles. The van der Waals surface area contributed by atoms with Gasteiger partial charge in [0.1, 0.15) is 12.4 Å². The molecule has 2 fully saturated rings. The van der Waals surface area contributed by atoms with Gasteiger partial charge in [0, 0.05) is 5.75 Å². The number of carbonyl (C=O) groups excluding carboxylic acids is 2. The van der Waals surface area contributed by atoms with Crippen LogP contribution in [-0.2, 0) is 20.9 Å². The number of methoxy groups -OCH3 is 1. The van der Waals surface area contributed by atoms with Gasteiger partial charge in [-0.1, -0.05) is 18.7 Å². The fourth-order valence-electron chi connectivity index (χ4n) is 2.57. The lowest BCUT2D eigenvalue weighted by molar-refractivity contribution is -0.160. The summed E-state index contributed by atoms with van der Waals surface area (Å²) in [5.41, 5.74) is 1.60. The maximum absolute atomic E-state index is 12.3. The van der Waals surface area contributed by atoms with Crippen LogP contribution >= 0.6 is 11.8 Å². The maximum atomic E-state index is 12.3. The SMILES string of the molecule is C=C1CS[C@H]2CC(=O)N2C1C(=O)OCc1ccc(OC)cc1. The Labute approximate surface area is 133 Å². The van der Waals surface area contributed by atoms with Crippen LogP contribution in [0.4, 0.5) is 0 Å². The van der Waals surface area contributed by atoms with Gasteiger partial charge in [0.05, 0.1) is 18.9 Å². The van der Waals surface area contributed by atoms with Crippen LogP contribution in [0.3, 0.4) is 0 Å². The zero-order chi connectivity index (χ0) is 15.7. The van der Waals surface area contributed by atoms with Crippen LogP contribution in [0, 0.1) is 0 Å². The molecule has 6 heteroatoms. The van der Waals surface area contributed by atoms with Crippen LogP contribution in [0.15, 0.2) is 36.4 Å². The first-order valence-electron chi connectivity index (χ1n) is 7.00. The molecule has 1 amide bonds. The van der Waals surface area contributed by atoms with E-state index in [1.54, 1.807) is 23.8 Å². The van der Waals surface area contributed by atoms with E-state index in [-0.39, 0.29) is 17.9 Å². The number of ether oxygens (including phenoxy) is 2. The van der Waals surface area contributed by atoms with Crippen LogP contribution in [0.25, 0.3) is 0 Å². The molecule has 1 aromatic rings. The maximum Gasteiger partial charge on any atom is 0.333 e. The van der Waals surface area contributed by atoms with Crippen molar-refractivity contribution in [2.75, 3.05) is 12.9 Å². The minimum Gasteiger partial charge on any atom is -0.497 e. The van der Waals surface area contributed by atoms with Gasteiger partial charge in [-0.15, -0.1) is 11.8 Å². The summed E-state index contributed by atoms with van der Waals surface area (Å²) in [5, 5.41) is 0.0940. The monoisotopic (exact) mass is 319 g/mol. The van der Waals surface area contributed by atoms with Gasteiger partial charge in [-0.3, -0.25) is 4.79 Å². The number of hydrogen-bond acceptors (Lipinski definition) is 5. The van der Waals surface area contributed by atoms with Crippen LogP contribution in [0.1, 0.15) is 12.0 Å². The van der Waals surface area contributed by atoms with Gasteiger partial charge in [0.2, 0.25) is 5.91 Å². The molecule has 2 aliphatic heterocycles. The molecule has 116 valence electrons. The fraction of sp³-hybridized carbons (Fsp3) is 0.375. The van der Waals surface area contributed by atoms with E-state index in [0.717, 1.165) is 16.9 Å². The standard InChI is InChI=1S/C16H17NO4S/c1-10-9-22-14-7-13(18)17(14)15(10)16(19)21-8-11-3-5-12(20-2)6-4-11/h3-6,14-15H,1,7-9H2,2H3/t14-,15?/m0/s1. The first-order valence-corrected chi connectivity index (χ1v) is 8.05. The minimum absolute atomic E-state index is 0.00949. The highest BCUT2D eigenvalue weighted by Gasteiger charge is 2.48. The van der Waals surface area contributed by atoms with Gasteiger partial charge in [-0.2, -0.15) is 0 Å². The molecular weight excluding hydrogens is 302 g/mol. The molecule has 0 spiro atoms. The van der Waals surface area contributed by atoms with E-state index in [2.05, 4.69) is 6.58 Å². The second kappa shape index (κ2) is 6.04. The first kappa shape index (κ1) is 15.0. The van der Waals surface area contributed by atoms with E-state index >= 15 is 0 Å². The zero-order valence-corrected chi connectivity index (χ0v) is 13.1. The summed E-state index contributed by atoms with van der Waals surface area (Å²) >= 11 is 1.65. The lowest BCUT2D eigenvalue weighted by atomic mass is 10.0. The number of nitrogens with zero attached hydrogens (tertiary/aromatic N) is 1. The van der Waals surface area contributed by atoms with Gasteiger partial charge in [-0.25, -0.2) is 4.79 Å².